The number of ether oxygens (including phenoxy) is 1. The van der Waals surface area contributed by atoms with E-state index < -0.39 is 10.0 Å². The molecule has 8 nitrogen and oxygen atoms in total. The molecular formula is C24H31N5O3S2. The van der Waals surface area contributed by atoms with E-state index in [0.29, 0.717) is 36.8 Å². The highest BCUT2D eigenvalue weighted by molar-refractivity contribution is 7.89. The molecule has 182 valence electrons. The molecule has 0 atom stereocenters. The largest absolute Gasteiger partial charge is 0.497 e. The number of rotatable bonds is 6. The lowest BCUT2D eigenvalue weighted by molar-refractivity contribution is 0.272. The Kier molecular flexibility index (Phi) is 6.49. The molecule has 4 heterocycles. The Morgan fingerprint density at radius 3 is 2.41 bits per heavy atom. The van der Waals surface area contributed by atoms with Crippen molar-refractivity contribution in [3.63, 3.8) is 0 Å². The molecule has 10 heteroatoms. The first-order valence-electron chi connectivity index (χ1n) is 11.9. The lowest BCUT2D eigenvalue weighted by Crippen LogP contribution is -2.49. The number of sulfonamides is 1. The Morgan fingerprint density at radius 1 is 1.03 bits per heavy atom. The van der Waals surface area contributed by atoms with Gasteiger partial charge in [-0.2, -0.15) is 4.31 Å². The predicted octanol–water partition coefficient (Wildman–Crippen LogP) is 3.15. The van der Waals surface area contributed by atoms with E-state index >= 15 is 0 Å². The van der Waals surface area contributed by atoms with Crippen molar-refractivity contribution in [1.82, 2.24) is 19.2 Å². The number of hydrogen-bond donors (Lipinski definition) is 0. The van der Waals surface area contributed by atoms with Gasteiger partial charge in [0, 0.05) is 50.6 Å². The SMILES string of the molecule is CCc1nc(N2CCN(S(=O)(=O)c3ccc(OC)cc3)CC2)c2c3c(sc2n1)CN(CC)CC3. The Hall–Kier alpha value is -2.27. The van der Waals surface area contributed by atoms with Crippen molar-refractivity contribution in [2.75, 3.05) is 51.3 Å². The molecule has 1 fully saturated rings. The van der Waals surface area contributed by atoms with Crippen LogP contribution in [0.15, 0.2) is 29.2 Å². The minimum absolute atomic E-state index is 0.298. The predicted molar refractivity (Wildman–Crippen MR) is 135 cm³/mol. The van der Waals surface area contributed by atoms with Crippen LogP contribution in [0, 0.1) is 0 Å². The lowest BCUT2D eigenvalue weighted by atomic mass is 10.0. The number of piperazine rings is 1. The van der Waals surface area contributed by atoms with Crippen LogP contribution in [0.1, 0.15) is 30.1 Å². The van der Waals surface area contributed by atoms with Gasteiger partial charge >= 0.3 is 0 Å². The highest BCUT2D eigenvalue weighted by Crippen LogP contribution is 2.39. The van der Waals surface area contributed by atoms with E-state index in [1.165, 1.54) is 15.8 Å². The minimum atomic E-state index is -3.55. The first-order chi connectivity index (χ1) is 16.4. The molecule has 2 aliphatic heterocycles. The molecule has 1 aromatic carbocycles. The number of nitrogens with zero attached hydrogens (tertiary/aromatic N) is 5. The van der Waals surface area contributed by atoms with Crippen molar-refractivity contribution in [2.45, 2.75) is 38.1 Å². The number of hydrogen-bond acceptors (Lipinski definition) is 8. The van der Waals surface area contributed by atoms with E-state index in [0.717, 1.165) is 48.9 Å². The summed E-state index contributed by atoms with van der Waals surface area (Å²) in [5.74, 6) is 2.47. The number of fused-ring (bicyclic) bond motifs is 3. The normalized spacial score (nSPS) is 17.8. The van der Waals surface area contributed by atoms with Crippen LogP contribution >= 0.6 is 11.3 Å². The van der Waals surface area contributed by atoms with Gasteiger partial charge < -0.3 is 9.64 Å². The molecule has 0 bridgehead atoms. The third-order valence-electron chi connectivity index (χ3n) is 6.81. The molecule has 0 unspecified atom stereocenters. The van der Waals surface area contributed by atoms with Crippen LogP contribution in [0.2, 0.25) is 0 Å². The summed E-state index contributed by atoms with van der Waals surface area (Å²) in [6.07, 6.45) is 1.79. The summed E-state index contributed by atoms with van der Waals surface area (Å²) in [6, 6.07) is 6.59. The molecule has 2 aliphatic rings. The van der Waals surface area contributed by atoms with Crippen LogP contribution < -0.4 is 9.64 Å². The second-order valence-corrected chi connectivity index (χ2v) is 11.7. The van der Waals surface area contributed by atoms with Gasteiger partial charge in [-0.05, 0) is 42.8 Å². The lowest BCUT2D eigenvalue weighted by Gasteiger charge is -2.35. The Morgan fingerprint density at radius 2 is 1.76 bits per heavy atom. The van der Waals surface area contributed by atoms with Gasteiger partial charge in [0.2, 0.25) is 10.0 Å². The van der Waals surface area contributed by atoms with Crippen LogP contribution in [-0.4, -0.2) is 74.0 Å². The minimum Gasteiger partial charge on any atom is -0.497 e. The van der Waals surface area contributed by atoms with E-state index in [1.54, 1.807) is 47.0 Å². The first kappa shape index (κ1) is 23.5. The van der Waals surface area contributed by atoms with Gasteiger partial charge in [-0.25, -0.2) is 18.4 Å². The molecule has 0 saturated carbocycles. The van der Waals surface area contributed by atoms with E-state index in [4.69, 9.17) is 14.7 Å². The summed E-state index contributed by atoms with van der Waals surface area (Å²) in [5.41, 5.74) is 1.38. The van der Waals surface area contributed by atoms with Crippen molar-refractivity contribution < 1.29 is 13.2 Å². The standard InChI is InChI=1S/C24H31N5O3S2/c1-4-21-25-23(22-19-10-11-27(5-2)16-20(19)33-24(22)26-21)28-12-14-29(15-13-28)34(30,31)18-8-6-17(32-3)7-9-18/h6-9H,4-5,10-16H2,1-3H3. The number of aryl methyl sites for hydroxylation is 1. The van der Waals surface area contributed by atoms with Crippen molar-refractivity contribution in [1.29, 1.82) is 0 Å². The highest BCUT2D eigenvalue weighted by Gasteiger charge is 2.31. The number of benzene rings is 1. The fourth-order valence-corrected chi connectivity index (χ4v) is 7.46. The summed E-state index contributed by atoms with van der Waals surface area (Å²) < 4.78 is 33.1. The highest BCUT2D eigenvalue weighted by atomic mass is 32.2. The van der Waals surface area contributed by atoms with Crippen molar-refractivity contribution in [3.8, 4) is 5.75 Å². The van der Waals surface area contributed by atoms with Crippen LogP contribution in [-0.2, 0) is 29.4 Å². The van der Waals surface area contributed by atoms with Crippen LogP contribution in [0.4, 0.5) is 5.82 Å². The Labute approximate surface area is 205 Å². The number of methoxy groups -OCH3 is 1. The number of aromatic nitrogens is 2. The summed E-state index contributed by atoms with van der Waals surface area (Å²) in [5, 5.41) is 1.18. The van der Waals surface area contributed by atoms with Gasteiger partial charge in [0.05, 0.1) is 17.4 Å². The summed E-state index contributed by atoms with van der Waals surface area (Å²) in [6.45, 7) is 9.44. The molecule has 0 aliphatic carbocycles. The average Bonchev–Trinajstić information content (AvgIpc) is 3.25. The van der Waals surface area contributed by atoms with Gasteiger partial charge in [-0.1, -0.05) is 13.8 Å². The zero-order valence-electron chi connectivity index (χ0n) is 20.0. The summed E-state index contributed by atoms with van der Waals surface area (Å²) >= 11 is 1.80. The number of likely N-dealkylation sites (N-methyl/N-ethyl adjacent to an activating group) is 1. The monoisotopic (exact) mass is 501 g/mol. The molecule has 5 rings (SSSR count). The van der Waals surface area contributed by atoms with E-state index in [-0.39, 0.29) is 0 Å². The second-order valence-electron chi connectivity index (χ2n) is 8.69. The maximum Gasteiger partial charge on any atom is 0.243 e. The molecule has 3 aromatic rings. The molecule has 0 amide bonds. The third kappa shape index (κ3) is 4.17. The number of anilines is 1. The van der Waals surface area contributed by atoms with Crippen molar-refractivity contribution in [2.24, 2.45) is 0 Å². The van der Waals surface area contributed by atoms with Crippen LogP contribution in [0.25, 0.3) is 10.2 Å². The molecule has 34 heavy (non-hydrogen) atoms. The molecule has 0 radical (unpaired) electrons. The summed E-state index contributed by atoms with van der Waals surface area (Å²) in [4.78, 5) is 17.3. The van der Waals surface area contributed by atoms with Gasteiger partial charge in [0.1, 0.15) is 22.2 Å². The van der Waals surface area contributed by atoms with E-state index in [2.05, 4.69) is 23.6 Å². The maximum atomic E-state index is 13.2. The van der Waals surface area contributed by atoms with Crippen molar-refractivity contribution >= 4 is 37.4 Å². The van der Waals surface area contributed by atoms with Gasteiger partial charge in [-0.3, -0.25) is 4.90 Å². The fourth-order valence-electron chi connectivity index (χ4n) is 4.77. The quantitative estimate of drug-likeness (QED) is 0.513. The first-order valence-corrected chi connectivity index (χ1v) is 14.1. The zero-order valence-corrected chi connectivity index (χ0v) is 21.6. The van der Waals surface area contributed by atoms with Gasteiger partial charge in [0.25, 0.3) is 0 Å². The fraction of sp³-hybridized carbons (Fsp3) is 0.500. The maximum absolute atomic E-state index is 13.2. The number of thiophene rings is 1. The molecule has 1 saturated heterocycles. The van der Waals surface area contributed by atoms with Crippen molar-refractivity contribution in [3.05, 3.63) is 40.5 Å². The van der Waals surface area contributed by atoms with Crippen LogP contribution in [0.5, 0.6) is 5.75 Å². The van der Waals surface area contributed by atoms with Gasteiger partial charge in [0.15, 0.2) is 0 Å². The molecule has 2 aromatic heterocycles. The Bertz CT molecular complexity index is 1280. The molecule has 0 N–H and O–H groups in total. The van der Waals surface area contributed by atoms with Crippen LogP contribution in [0.3, 0.4) is 0 Å². The van der Waals surface area contributed by atoms with E-state index in [9.17, 15) is 8.42 Å². The topological polar surface area (TPSA) is 78.9 Å². The Balaban J connectivity index is 1.41. The second kappa shape index (κ2) is 9.41. The van der Waals surface area contributed by atoms with E-state index in [1.807, 2.05) is 0 Å². The summed E-state index contributed by atoms with van der Waals surface area (Å²) in [7, 11) is -1.98. The zero-order chi connectivity index (χ0) is 23.9. The molecule has 0 spiro atoms. The smallest absolute Gasteiger partial charge is 0.243 e. The van der Waals surface area contributed by atoms with Gasteiger partial charge in [-0.15, -0.1) is 11.3 Å². The average molecular weight is 502 g/mol. The molecular weight excluding hydrogens is 470 g/mol. The third-order valence-corrected chi connectivity index (χ3v) is 9.83.